The summed E-state index contributed by atoms with van der Waals surface area (Å²) in [6.45, 7) is 0. The first-order valence-corrected chi connectivity index (χ1v) is 15.7. The number of rotatable bonds is 6. The summed E-state index contributed by atoms with van der Waals surface area (Å²) in [6, 6.07) is 45.5. The van der Waals surface area contributed by atoms with Gasteiger partial charge in [-0.1, -0.05) is 121 Å². The molecule has 7 rings (SSSR count). The highest BCUT2D eigenvalue weighted by atomic mass is 32.2. The molecule has 0 N–H and O–H groups in total. The normalized spacial score (nSPS) is 17.3. The van der Waals surface area contributed by atoms with Crippen LogP contribution in [0.5, 0.6) is 0 Å². The molecule has 1 aliphatic carbocycles. The molecule has 2 atom stereocenters. The van der Waals surface area contributed by atoms with Gasteiger partial charge in [-0.05, 0) is 64.7 Å². The number of allylic oxidation sites excluding steroid dienone is 2. The van der Waals surface area contributed by atoms with Gasteiger partial charge in [-0.3, -0.25) is 0 Å². The zero-order valence-electron chi connectivity index (χ0n) is 22.5. The predicted molar refractivity (Wildman–Crippen MR) is 180 cm³/mol. The summed E-state index contributed by atoms with van der Waals surface area (Å²) in [5, 5.41) is 1.02. The van der Waals surface area contributed by atoms with E-state index >= 15 is 0 Å². The van der Waals surface area contributed by atoms with Gasteiger partial charge >= 0.3 is 0 Å². The molecule has 0 saturated carbocycles. The number of nitrogens with zero attached hydrogens (tertiary/aromatic N) is 1. The van der Waals surface area contributed by atoms with Crippen molar-refractivity contribution in [2.75, 3.05) is 4.90 Å². The molecule has 1 aliphatic heterocycles. The second-order valence-electron chi connectivity index (χ2n) is 10.1. The van der Waals surface area contributed by atoms with Gasteiger partial charge in [0.2, 0.25) is 0 Å². The number of hydrogen-bond donors (Lipinski definition) is 0. The fourth-order valence-corrected chi connectivity index (χ4v) is 8.17. The van der Waals surface area contributed by atoms with E-state index in [0.29, 0.717) is 10.5 Å². The van der Waals surface area contributed by atoms with Crippen LogP contribution >= 0.6 is 23.5 Å². The minimum atomic E-state index is 0.500. The lowest BCUT2D eigenvalue weighted by molar-refractivity contribution is 1.04. The van der Waals surface area contributed by atoms with E-state index in [2.05, 4.69) is 169 Å². The highest BCUT2D eigenvalue weighted by molar-refractivity contribution is 8.06. The van der Waals surface area contributed by atoms with Gasteiger partial charge in [-0.15, -0.1) is 23.5 Å². The van der Waals surface area contributed by atoms with E-state index in [1.807, 2.05) is 23.5 Å². The lowest BCUT2D eigenvalue weighted by Crippen LogP contribution is -2.20. The van der Waals surface area contributed by atoms with E-state index in [0.717, 1.165) is 17.1 Å². The summed E-state index contributed by atoms with van der Waals surface area (Å²) in [7, 11) is 0. The summed E-state index contributed by atoms with van der Waals surface area (Å²) < 4.78 is 0. The summed E-state index contributed by atoms with van der Waals surface area (Å²) in [5.74, 6) is 0. The van der Waals surface area contributed by atoms with Gasteiger partial charge in [-0.2, -0.15) is 0 Å². The van der Waals surface area contributed by atoms with Crippen molar-refractivity contribution in [3.8, 4) is 11.1 Å². The van der Waals surface area contributed by atoms with Crippen LogP contribution in [0, 0.1) is 0 Å². The van der Waals surface area contributed by atoms with Crippen LogP contribution in [0.2, 0.25) is 0 Å². The Labute approximate surface area is 251 Å². The number of para-hydroxylation sites is 2. The van der Waals surface area contributed by atoms with Crippen LogP contribution in [-0.4, -0.2) is 10.5 Å². The van der Waals surface area contributed by atoms with Gasteiger partial charge in [0.25, 0.3) is 0 Å². The van der Waals surface area contributed by atoms with Gasteiger partial charge in [0.15, 0.2) is 0 Å². The predicted octanol–water partition coefficient (Wildman–Crippen LogP) is 11.1. The van der Waals surface area contributed by atoms with Gasteiger partial charge < -0.3 is 4.90 Å². The summed E-state index contributed by atoms with van der Waals surface area (Å²) >= 11 is 3.98. The van der Waals surface area contributed by atoms with Crippen LogP contribution < -0.4 is 4.90 Å². The Hall–Kier alpha value is -4.18. The van der Waals surface area contributed by atoms with Crippen molar-refractivity contribution in [3.63, 3.8) is 0 Å². The van der Waals surface area contributed by atoms with E-state index in [-0.39, 0.29) is 0 Å². The van der Waals surface area contributed by atoms with E-state index in [1.165, 1.54) is 32.0 Å². The Balaban J connectivity index is 1.09. The van der Waals surface area contributed by atoms with Crippen LogP contribution in [0.3, 0.4) is 0 Å². The maximum absolute atomic E-state index is 2.34. The van der Waals surface area contributed by atoms with Gasteiger partial charge in [0.05, 0.1) is 0 Å². The molecule has 0 fully saturated rings. The van der Waals surface area contributed by atoms with Gasteiger partial charge in [-0.25, -0.2) is 0 Å². The SMILES string of the molecule is C1=CC2Sc3cccc(-c4ccc(/C=C/c5ccc(N(c6ccccc6)c6ccccc6)cc5)cc4)c3SC2C=C1. The third kappa shape index (κ3) is 5.56. The van der Waals surface area contributed by atoms with Crippen molar-refractivity contribution >= 4 is 52.7 Å². The van der Waals surface area contributed by atoms with Crippen LogP contribution in [-0.2, 0) is 0 Å². The van der Waals surface area contributed by atoms with Crippen molar-refractivity contribution in [3.05, 3.63) is 163 Å². The van der Waals surface area contributed by atoms with E-state index in [4.69, 9.17) is 0 Å². The Kier molecular flexibility index (Phi) is 7.38. The largest absolute Gasteiger partial charge is 0.311 e. The Morgan fingerprint density at radius 1 is 0.488 bits per heavy atom. The van der Waals surface area contributed by atoms with Crippen molar-refractivity contribution < 1.29 is 0 Å². The molecule has 1 nitrogen and oxygen atoms in total. The number of hydrogen-bond acceptors (Lipinski definition) is 3. The Morgan fingerprint density at radius 2 is 1.02 bits per heavy atom. The maximum atomic E-state index is 2.34. The number of thioether (sulfide) groups is 2. The van der Waals surface area contributed by atoms with E-state index in [1.54, 1.807) is 0 Å². The molecule has 198 valence electrons. The number of anilines is 3. The average Bonchev–Trinajstić information content (AvgIpc) is 3.04. The van der Waals surface area contributed by atoms with Crippen molar-refractivity contribution in [1.82, 2.24) is 0 Å². The lowest BCUT2D eigenvalue weighted by Gasteiger charge is -2.31. The molecule has 5 aromatic rings. The summed E-state index contributed by atoms with van der Waals surface area (Å²) in [6.07, 6.45) is 13.4. The molecule has 0 radical (unpaired) electrons. The average molecular weight is 564 g/mol. The Bertz CT molecular complexity index is 1680. The highest BCUT2D eigenvalue weighted by Crippen LogP contribution is 2.50. The Morgan fingerprint density at radius 3 is 1.63 bits per heavy atom. The first kappa shape index (κ1) is 25.8. The molecule has 0 bridgehead atoms. The molecule has 0 aromatic heterocycles. The third-order valence-electron chi connectivity index (χ3n) is 7.40. The third-order valence-corrected chi connectivity index (χ3v) is 10.4. The van der Waals surface area contributed by atoms with Crippen molar-refractivity contribution in [1.29, 1.82) is 0 Å². The van der Waals surface area contributed by atoms with E-state index < -0.39 is 0 Å². The molecular weight excluding hydrogens is 535 g/mol. The smallest absolute Gasteiger partial charge is 0.0462 e. The zero-order valence-corrected chi connectivity index (χ0v) is 24.1. The van der Waals surface area contributed by atoms with Crippen LogP contribution in [0.25, 0.3) is 23.3 Å². The maximum Gasteiger partial charge on any atom is 0.0462 e. The fourth-order valence-electron chi connectivity index (χ4n) is 5.32. The molecule has 0 spiro atoms. The molecule has 1 heterocycles. The van der Waals surface area contributed by atoms with Gasteiger partial charge in [0.1, 0.15) is 0 Å². The van der Waals surface area contributed by atoms with E-state index in [9.17, 15) is 0 Å². The second-order valence-corrected chi connectivity index (χ2v) is 12.5. The molecule has 2 unspecified atom stereocenters. The number of fused-ring (bicyclic) bond motifs is 2. The number of benzene rings is 5. The van der Waals surface area contributed by atoms with Crippen LogP contribution in [0.1, 0.15) is 11.1 Å². The van der Waals surface area contributed by atoms with Gasteiger partial charge in [0, 0.05) is 37.4 Å². The van der Waals surface area contributed by atoms with Crippen molar-refractivity contribution in [2.24, 2.45) is 0 Å². The fraction of sp³-hybridized carbons (Fsp3) is 0.0526. The molecule has 5 aromatic carbocycles. The summed E-state index contributed by atoms with van der Waals surface area (Å²) in [5.41, 5.74) is 8.39. The minimum Gasteiger partial charge on any atom is -0.311 e. The standard InChI is InChI=1S/C38H29NS2/c1-3-10-31(11-4-1)39(32-12-5-2-6-13-32)33-26-22-29(23-27-33)19-18-28-20-24-30(25-21-28)34-14-9-17-37-38(34)41-36-16-8-7-15-35(36)40-37/h1-27,35-36H/b19-18+. The molecule has 41 heavy (non-hydrogen) atoms. The second kappa shape index (κ2) is 11.7. The minimum absolute atomic E-state index is 0.500. The van der Waals surface area contributed by atoms with Crippen LogP contribution in [0.4, 0.5) is 17.1 Å². The molecule has 0 saturated heterocycles. The highest BCUT2D eigenvalue weighted by Gasteiger charge is 2.29. The summed E-state index contributed by atoms with van der Waals surface area (Å²) in [4.78, 5) is 5.08. The van der Waals surface area contributed by atoms with Crippen molar-refractivity contribution in [2.45, 2.75) is 20.3 Å². The molecule has 2 aliphatic rings. The molecular formula is C38H29NS2. The zero-order chi connectivity index (χ0) is 27.4. The quantitative estimate of drug-likeness (QED) is 0.189. The van der Waals surface area contributed by atoms with Crippen LogP contribution in [0.15, 0.2) is 161 Å². The monoisotopic (exact) mass is 563 g/mol. The first-order valence-electron chi connectivity index (χ1n) is 13.9. The molecule has 3 heteroatoms. The molecule has 0 amide bonds. The topological polar surface area (TPSA) is 3.24 Å². The lowest BCUT2D eigenvalue weighted by atomic mass is 10.0. The first-order chi connectivity index (χ1) is 20.3.